The minimum Gasteiger partial charge on any atom is -0.382 e. The molecule has 9 atom stereocenters. The summed E-state index contributed by atoms with van der Waals surface area (Å²) in [6, 6.07) is -0.737. The van der Waals surface area contributed by atoms with Crippen molar-refractivity contribution in [3.8, 4) is 0 Å². The third kappa shape index (κ3) is 4.60. The molecule has 0 aromatic carbocycles. The minimum absolute atomic E-state index is 0.0619. The lowest BCUT2D eigenvalue weighted by Crippen LogP contribution is -2.29. The SMILES string of the molecule is [B][C@@H]1O[C@H](COP(O)(=S)OC2[C@@H](CC)O[C@@H]([B])[C@H]2C)[C@H](C)[C@@H]1C. The van der Waals surface area contributed by atoms with E-state index in [2.05, 4.69) is 0 Å². The zero-order valence-corrected chi connectivity index (χ0v) is 15.8. The maximum atomic E-state index is 10.4. The van der Waals surface area contributed by atoms with Crippen LogP contribution in [0.2, 0.25) is 0 Å². The molecule has 2 saturated heterocycles. The molecule has 4 radical (unpaired) electrons. The molecule has 2 unspecified atom stereocenters. The Labute approximate surface area is 146 Å². The van der Waals surface area contributed by atoms with Gasteiger partial charge in [-0.15, -0.1) is 0 Å². The molecule has 1 N–H and O–H groups in total. The largest absolute Gasteiger partial charge is 0.382 e. The first kappa shape index (κ1) is 19.9. The third-order valence-electron chi connectivity index (χ3n) is 5.06. The molecule has 5 nitrogen and oxygen atoms in total. The Balaban J connectivity index is 1.91. The molecule has 2 heterocycles. The lowest BCUT2D eigenvalue weighted by Gasteiger charge is -2.27. The molecule has 0 bridgehead atoms. The van der Waals surface area contributed by atoms with Crippen LogP contribution in [0.3, 0.4) is 0 Å². The van der Waals surface area contributed by atoms with E-state index >= 15 is 0 Å². The van der Waals surface area contributed by atoms with Crippen LogP contribution in [0.15, 0.2) is 0 Å². The predicted octanol–water partition coefficient (Wildman–Crippen LogP) is 1.71. The Kier molecular flexibility index (Phi) is 6.80. The summed E-state index contributed by atoms with van der Waals surface area (Å²) in [6.07, 6.45) is -0.0191. The van der Waals surface area contributed by atoms with E-state index in [1.807, 2.05) is 27.7 Å². The van der Waals surface area contributed by atoms with Gasteiger partial charge in [0, 0.05) is 17.9 Å². The quantitative estimate of drug-likeness (QED) is 0.577. The van der Waals surface area contributed by atoms with Gasteiger partial charge in [-0.1, -0.05) is 27.7 Å². The molecule has 9 heteroatoms. The second kappa shape index (κ2) is 7.86. The molecule has 0 aliphatic carbocycles. The zero-order valence-electron chi connectivity index (χ0n) is 14.1. The van der Waals surface area contributed by atoms with Crippen molar-refractivity contribution in [2.75, 3.05) is 6.61 Å². The fraction of sp³-hybridized carbons (Fsp3) is 1.00. The van der Waals surface area contributed by atoms with Gasteiger partial charge < -0.3 is 23.4 Å². The van der Waals surface area contributed by atoms with E-state index in [1.54, 1.807) is 0 Å². The Hall–Kier alpha value is 0.580. The Morgan fingerprint density at radius 1 is 1.04 bits per heavy atom. The van der Waals surface area contributed by atoms with Crippen LogP contribution in [0.25, 0.3) is 0 Å². The van der Waals surface area contributed by atoms with Crippen LogP contribution in [0.1, 0.15) is 34.1 Å². The topological polar surface area (TPSA) is 57.2 Å². The zero-order chi connectivity index (χ0) is 17.4. The Morgan fingerprint density at radius 3 is 2.13 bits per heavy atom. The Bertz CT molecular complexity index is 457. The summed E-state index contributed by atoms with van der Waals surface area (Å²) in [7, 11) is 11.8. The van der Waals surface area contributed by atoms with Crippen molar-refractivity contribution in [3.63, 3.8) is 0 Å². The van der Waals surface area contributed by atoms with Crippen molar-refractivity contribution < 1.29 is 23.4 Å². The monoisotopic (exact) mass is 358 g/mol. The average Bonchev–Trinajstić information content (AvgIpc) is 2.89. The summed E-state index contributed by atoms with van der Waals surface area (Å²) in [4.78, 5) is 10.4. The maximum absolute atomic E-state index is 10.4. The van der Waals surface area contributed by atoms with Crippen LogP contribution in [-0.2, 0) is 30.3 Å². The average molecular weight is 358 g/mol. The van der Waals surface area contributed by atoms with E-state index in [0.29, 0.717) is 0 Å². The van der Waals surface area contributed by atoms with E-state index in [4.69, 9.17) is 46.0 Å². The van der Waals surface area contributed by atoms with Crippen LogP contribution in [-0.4, -0.2) is 57.5 Å². The van der Waals surface area contributed by atoms with Crippen molar-refractivity contribution in [2.24, 2.45) is 17.8 Å². The molecule has 2 fully saturated rings. The molecular weight excluding hydrogens is 333 g/mol. The molecule has 0 aromatic heterocycles. The van der Waals surface area contributed by atoms with E-state index in [0.717, 1.165) is 6.42 Å². The summed E-state index contributed by atoms with van der Waals surface area (Å²) >= 11 is 5.14. The summed E-state index contributed by atoms with van der Waals surface area (Å²) in [5.74, 6) is 0.394. The summed E-state index contributed by atoms with van der Waals surface area (Å²) in [5, 5.41) is 0. The molecule has 23 heavy (non-hydrogen) atoms. The van der Waals surface area contributed by atoms with Crippen molar-refractivity contribution in [2.45, 2.75) is 64.4 Å². The first-order chi connectivity index (χ1) is 10.7. The van der Waals surface area contributed by atoms with Gasteiger partial charge in [0.1, 0.15) is 15.7 Å². The first-order valence-corrected chi connectivity index (χ1v) is 10.7. The second-order valence-electron chi connectivity index (χ2n) is 6.60. The normalized spacial score (nSPS) is 46.8. The smallest absolute Gasteiger partial charge is 0.324 e. The Morgan fingerprint density at radius 2 is 1.61 bits per heavy atom. The standard InChI is InChI=1S/C14H25B2O5PS/c1-5-10-12(9(4)14(16)19-10)21-22(17,23)18-6-11-7(2)8(3)13(15)20-11/h7-14H,5-6H2,1-4H3,(H,17,23)/t7-,8+,9+,10-,11-,12?,13-,14-,22?/m1/s1. The number of rotatable bonds is 6. The van der Waals surface area contributed by atoms with Gasteiger partial charge in [0.2, 0.25) is 0 Å². The van der Waals surface area contributed by atoms with Gasteiger partial charge in [-0.2, -0.15) is 0 Å². The van der Waals surface area contributed by atoms with Crippen molar-refractivity contribution >= 4 is 34.2 Å². The fourth-order valence-corrected chi connectivity index (χ4v) is 4.56. The highest BCUT2D eigenvalue weighted by Crippen LogP contribution is 2.49. The van der Waals surface area contributed by atoms with E-state index in [9.17, 15) is 4.89 Å². The lowest BCUT2D eigenvalue weighted by molar-refractivity contribution is 0.0106. The fourth-order valence-electron chi connectivity index (χ4n) is 3.05. The van der Waals surface area contributed by atoms with Crippen LogP contribution in [0.4, 0.5) is 0 Å². The number of ether oxygens (including phenoxy) is 2. The van der Waals surface area contributed by atoms with Gasteiger partial charge >= 0.3 is 6.72 Å². The highest BCUT2D eigenvalue weighted by Gasteiger charge is 2.43. The third-order valence-corrected chi connectivity index (χ3v) is 6.62. The molecule has 128 valence electrons. The van der Waals surface area contributed by atoms with E-state index in [-0.39, 0.29) is 48.7 Å². The first-order valence-electron chi connectivity index (χ1n) is 8.14. The molecule has 0 spiro atoms. The summed E-state index contributed by atoms with van der Waals surface area (Å²) in [6.45, 7) is 4.74. The van der Waals surface area contributed by atoms with Gasteiger partial charge in [-0.05, 0) is 30.1 Å². The van der Waals surface area contributed by atoms with Crippen molar-refractivity contribution in [1.29, 1.82) is 0 Å². The number of hydrogen-bond acceptors (Lipinski definition) is 5. The predicted molar refractivity (Wildman–Crippen MR) is 93.9 cm³/mol. The highest BCUT2D eigenvalue weighted by atomic mass is 32.5. The maximum Gasteiger partial charge on any atom is 0.324 e. The van der Waals surface area contributed by atoms with Gasteiger partial charge in [0.05, 0.1) is 24.9 Å². The second-order valence-corrected chi connectivity index (χ2v) is 9.39. The summed E-state index contributed by atoms with van der Waals surface area (Å²) < 4.78 is 22.5. The highest BCUT2D eigenvalue weighted by molar-refractivity contribution is 8.07. The van der Waals surface area contributed by atoms with Gasteiger partial charge in [0.25, 0.3) is 0 Å². The van der Waals surface area contributed by atoms with Crippen molar-refractivity contribution in [3.05, 3.63) is 0 Å². The van der Waals surface area contributed by atoms with Crippen LogP contribution < -0.4 is 0 Å². The summed E-state index contributed by atoms with van der Waals surface area (Å²) in [5.41, 5.74) is 0. The van der Waals surface area contributed by atoms with Gasteiger partial charge in [-0.3, -0.25) is 0 Å². The van der Waals surface area contributed by atoms with Gasteiger partial charge in [-0.25, -0.2) is 0 Å². The van der Waals surface area contributed by atoms with Crippen LogP contribution in [0, 0.1) is 17.8 Å². The molecule has 2 aliphatic rings. The number of hydrogen-bond donors (Lipinski definition) is 1. The molecule has 0 saturated carbocycles. The van der Waals surface area contributed by atoms with Gasteiger partial charge in [0.15, 0.2) is 0 Å². The molecule has 2 aliphatic heterocycles. The molecular formula is C14H25B2O5PS. The van der Waals surface area contributed by atoms with E-state index in [1.165, 1.54) is 0 Å². The van der Waals surface area contributed by atoms with Crippen molar-refractivity contribution in [1.82, 2.24) is 0 Å². The molecule has 2 rings (SSSR count). The van der Waals surface area contributed by atoms with E-state index < -0.39 is 12.7 Å². The molecule has 0 aromatic rings. The minimum atomic E-state index is -3.40. The molecule has 0 amide bonds. The van der Waals surface area contributed by atoms with Crippen LogP contribution >= 0.6 is 6.72 Å². The van der Waals surface area contributed by atoms with Crippen LogP contribution in [0.5, 0.6) is 0 Å². The lowest BCUT2D eigenvalue weighted by atomic mass is 9.82.